The van der Waals surface area contributed by atoms with Crippen LogP contribution in [0.4, 0.5) is 0 Å². The standard InChI is InChI=1S/C12H10ClN5/c1-7-5-9(3-4-14-7)12-17-16-11-6-10(13)15-8(2)18(11)12/h3-6H,1-2H3. The molecule has 3 aromatic heterocycles. The highest BCUT2D eigenvalue weighted by Crippen LogP contribution is 2.20. The average Bonchev–Trinajstić information content (AvgIpc) is 2.72. The summed E-state index contributed by atoms with van der Waals surface area (Å²) in [6.07, 6.45) is 1.75. The van der Waals surface area contributed by atoms with E-state index in [0.717, 1.165) is 22.9 Å². The molecule has 0 unspecified atom stereocenters. The summed E-state index contributed by atoms with van der Waals surface area (Å²) in [7, 11) is 0. The molecule has 0 radical (unpaired) electrons. The molecule has 0 bridgehead atoms. The topological polar surface area (TPSA) is 56.0 Å². The van der Waals surface area contributed by atoms with E-state index in [1.807, 2.05) is 30.4 Å². The molecule has 90 valence electrons. The van der Waals surface area contributed by atoms with Crippen LogP contribution >= 0.6 is 11.6 Å². The van der Waals surface area contributed by atoms with Crippen molar-refractivity contribution in [2.24, 2.45) is 0 Å². The second-order valence-electron chi connectivity index (χ2n) is 4.03. The van der Waals surface area contributed by atoms with Gasteiger partial charge in [0, 0.05) is 23.5 Å². The molecule has 0 spiro atoms. The minimum absolute atomic E-state index is 0.421. The van der Waals surface area contributed by atoms with Crippen molar-refractivity contribution < 1.29 is 0 Å². The van der Waals surface area contributed by atoms with Crippen LogP contribution in [0.1, 0.15) is 11.5 Å². The van der Waals surface area contributed by atoms with E-state index >= 15 is 0 Å². The van der Waals surface area contributed by atoms with E-state index in [1.54, 1.807) is 12.3 Å². The molecular formula is C12H10ClN5. The molecule has 0 N–H and O–H groups in total. The normalized spacial score (nSPS) is 11.1. The highest BCUT2D eigenvalue weighted by Gasteiger charge is 2.11. The Hall–Kier alpha value is -2.01. The maximum absolute atomic E-state index is 5.90. The summed E-state index contributed by atoms with van der Waals surface area (Å²) >= 11 is 5.90. The van der Waals surface area contributed by atoms with Gasteiger partial charge in [0.25, 0.3) is 0 Å². The van der Waals surface area contributed by atoms with Crippen molar-refractivity contribution in [2.45, 2.75) is 13.8 Å². The number of aromatic nitrogens is 5. The third-order valence-electron chi connectivity index (χ3n) is 2.68. The second kappa shape index (κ2) is 4.03. The fourth-order valence-corrected chi connectivity index (χ4v) is 2.14. The van der Waals surface area contributed by atoms with Crippen molar-refractivity contribution in [1.29, 1.82) is 0 Å². The molecule has 6 heteroatoms. The van der Waals surface area contributed by atoms with E-state index in [2.05, 4.69) is 20.2 Å². The maximum atomic E-state index is 5.90. The number of hydrogen-bond donors (Lipinski definition) is 0. The lowest BCUT2D eigenvalue weighted by Crippen LogP contribution is -1.98. The fourth-order valence-electron chi connectivity index (χ4n) is 1.92. The summed E-state index contributed by atoms with van der Waals surface area (Å²) in [5, 5.41) is 8.73. The largest absolute Gasteiger partial charge is 0.263 e. The zero-order chi connectivity index (χ0) is 12.7. The molecular weight excluding hydrogens is 250 g/mol. The number of aryl methyl sites for hydroxylation is 2. The molecule has 18 heavy (non-hydrogen) atoms. The molecule has 3 heterocycles. The Morgan fingerprint density at radius 3 is 2.78 bits per heavy atom. The fraction of sp³-hybridized carbons (Fsp3) is 0.167. The van der Waals surface area contributed by atoms with Crippen molar-refractivity contribution in [3.8, 4) is 11.4 Å². The molecule has 0 saturated carbocycles. The Labute approximate surface area is 108 Å². The number of halogens is 1. The zero-order valence-electron chi connectivity index (χ0n) is 9.92. The lowest BCUT2D eigenvalue weighted by Gasteiger charge is -2.03. The van der Waals surface area contributed by atoms with Crippen LogP contribution < -0.4 is 0 Å². The molecule has 0 fully saturated rings. The SMILES string of the molecule is Cc1cc(-c2nnc3cc(Cl)nc(C)n23)ccn1. The first-order chi connectivity index (χ1) is 8.65. The molecule has 0 aromatic carbocycles. The van der Waals surface area contributed by atoms with Gasteiger partial charge in [-0.1, -0.05) is 11.6 Å². The van der Waals surface area contributed by atoms with E-state index < -0.39 is 0 Å². The van der Waals surface area contributed by atoms with Crippen molar-refractivity contribution >= 4 is 17.2 Å². The Bertz CT molecular complexity index is 734. The van der Waals surface area contributed by atoms with Gasteiger partial charge >= 0.3 is 0 Å². The van der Waals surface area contributed by atoms with Crippen LogP contribution in [0.15, 0.2) is 24.4 Å². The van der Waals surface area contributed by atoms with Crippen LogP contribution in [0.2, 0.25) is 5.15 Å². The van der Waals surface area contributed by atoms with Crippen molar-refractivity contribution in [2.75, 3.05) is 0 Å². The number of nitrogens with zero attached hydrogens (tertiary/aromatic N) is 5. The van der Waals surface area contributed by atoms with Crippen molar-refractivity contribution in [3.05, 3.63) is 41.1 Å². The van der Waals surface area contributed by atoms with E-state index in [9.17, 15) is 0 Å². The van der Waals surface area contributed by atoms with Gasteiger partial charge in [-0.15, -0.1) is 10.2 Å². The Kier molecular flexibility index (Phi) is 2.48. The van der Waals surface area contributed by atoms with Crippen LogP contribution in [-0.4, -0.2) is 24.6 Å². The third-order valence-corrected chi connectivity index (χ3v) is 2.88. The summed E-state index contributed by atoms with van der Waals surface area (Å²) < 4.78 is 1.88. The van der Waals surface area contributed by atoms with Gasteiger partial charge in [-0.2, -0.15) is 0 Å². The predicted octanol–water partition coefficient (Wildman–Crippen LogP) is 2.46. The number of hydrogen-bond acceptors (Lipinski definition) is 4. The number of rotatable bonds is 1. The van der Waals surface area contributed by atoms with Crippen LogP contribution in [-0.2, 0) is 0 Å². The quantitative estimate of drug-likeness (QED) is 0.630. The first kappa shape index (κ1) is 11.1. The lowest BCUT2D eigenvalue weighted by molar-refractivity contribution is 0.987. The van der Waals surface area contributed by atoms with Gasteiger partial charge < -0.3 is 0 Å². The van der Waals surface area contributed by atoms with Crippen molar-refractivity contribution in [1.82, 2.24) is 24.6 Å². The van der Waals surface area contributed by atoms with Crippen molar-refractivity contribution in [3.63, 3.8) is 0 Å². The monoisotopic (exact) mass is 259 g/mol. The Balaban J connectivity index is 2.31. The second-order valence-corrected chi connectivity index (χ2v) is 4.42. The van der Waals surface area contributed by atoms with Gasteiger partial charge in [-0.05, 0) is 26.0 Å². The highest BCUT2D eigenvalue weighted by molar-refractivity contribution is 6.29. The molecule has 0 saturated heterocycles. The third kappa shape index (κ3) is 1.73. The first-order valence-electron chi connectivity index (χ1n) is 5.46. The van der Waals surface area contributed by atoms with E-state index in [1.165, 1.54) is 0 Å². The molecule has 0 aliphatic heterocycles. The molecule has 5 nitrogen and oxygen atoms in total. The molecule has 0 aliphatic rings. The van der Waals surface area contributed by atoms with Gasteiger partial charge in [-0.3, -0.25) is 9.38 Å². The summed E-state index contributed by atoms with van der Waals surface area (Å²) in [5.74, 6) is 1.50. The van der Waals surface area contributed by atoms with Gasteiger partial charge in [0.05, 0.1) is 0 Å². The number of fused-ring (bicyclic) bond motifs is 1. The average molecular weight is 260 g/mol. The molecule has 0 aliphatic carbocycles. The summed E-state index contributed by atoms with van der Waals surface area (Å²) in [5.41, 5.74) is 2.59. The van der Waals surface area contributed by atoms with Gasteiger partial charge in [-0.25, -0.2) is 4.98 Å². The van der Waals surface area contributed by atoms with Gasteiger partial charge in [0.1, 0.15) is 11.0 Å². The smallest absolute Gasteiger partial charge is 0.169 e. The number of pyridine rings is 1. The summed E-state index contributed by atoms with van der Waals surface area (Å²) in [6.45, 7) is 3.81. The zero-order valence-corrected chi connectivity index (χ0v) is 10.7. The Morgan fingerprint density at radius 1 is 1.17 bits per heavy atom. The first-order valence-corrected chi connectivity index (χ1v) is 5.84. The van der Waals surface area contributed by atoms with E-state index in [-0.39, 0.29) is 0 Å². The minimum Gasteiger partial charge on any atom is -0.263 e. The van der Waals surface area contributed by atoms with Crippen LogP contribution in [0.3, 0.4) is 0 Å². The van der Waals surface area contributed by atoms with Gasteiger partial charge in [0.2, 0.25) is 0 Å². The maximum Gasteiger partial charge on any atom is 0.169 e. The highest BCUT2D eigenvalue weighted by atomic mass is 35.5. The van der Waals surface area contributed by atoms with E-state index in [0.29, 0.717) is 10.8 Å². The molecule has 3 aromatic rings. The predicted molar refractivity (Wildman–Crippen MR) is 68.5 cm³/mol. The molecule has 3 rings (SSSR count). The lowest BCUT2D eigenvalue weighted by atomic mass is 10.2. The Morgan fingerprint density at radius 2 is 2.00 bits per heavy atom. The minimum atomic E-state index is 0.421. The molecule has 0 amide bonds. The molecule has 0 atom stereocenters. The van der Waals surface area contributed by atoms with E-state index in [4.69, 9.17) is 11.6 Å². The summed E-state index contributed by atoms with van der Waals surface area (Å²) in [6, 6.07) is 5.56. The van der Waals surface area contributed by atoms with Crippen LogP contribution in [0.25, 0.3) is 17.0 Å². The van der Waals surface area contributed by atoms with Crippen LogP contribution in [0.5, 0.6) is 0 Å². The van der Waals surface area contributed by atoms with Gasteiger partial charge in [0.15, 0.2) is 11.5 Å². The van der Waals surface area contributed by atoms with Crippen LogP contribution in [0, 0.1) is 13.8 Å². The summed E-state index contributed by atoms with van der Waals surface area (Å²) in [4.78, 5) is 8.39.